The fourth-order valence-electron chi connectivity index (χ4n) is 9.26. The van der Waals surface area contributed by atoms with Crippen LogP contribution in [0.4, 0.5) is 0 Å². The summed E-state index contributed by atoms with van der Waals surface area (Å²) < 4.78 is 91.9. The first-order valence-electron chi connectivity index (χ1n) is 25.2. The summed E-state index contributed by atoms with van der Waals surface area (Å²) in [7, 11) is -7.84. The molecule has 23 heteroatoms. The third-order valence-electron chi connectivity index (χ3n) is 13.9. The predicted octanol–water partition coefficient (Wildman–Crippen LogP) is 6.88. The second-order valence-electron chi connectivity index (χ2n) is 20.7. The molecule has 2 aliphatic heterocycles. The summed E-state index contributed by atoms with van der Waals surface area (Å²) in [6.07, 6.45) is 0.641. The molecule has 4 heterocycles. The van der Waals surface area contributed by atoms with E-state index in [0.29, 0.717) is 58.2 Å². The molecule has 8 rings (SSSR count). The first-order valence-corrected chi connectivity index (χ1v) is 28.1. The molecule has 0 radical (unpaired) electrons. The molecule has 412 valence electrons. The van der Waals surface area contributed by atoms with Crippen molar-refractivity contribution in [1.29, 1.82) is 0 Å². The zero-order chi connectivity index (χ0) is 55.5. The minimum atomic E-state index is -3.92. The Labute approximate surface area is 448 Å². The second kappa shape index (κ2) is 23.2. The van der Waals surface area contributed by atoms with Crippen molar-refractivity contribution in [3.8, 4) is 11.5 Å². The third-order valence-corrected chi connectivity index (χ3v) is 17.6. The Morgan fingerprint density at radius 2 is 1.03 bits per heavy atom. The number of hydrogen-bond acceptors (Lipinski definition) is 15. The van der Waals surface area contributed by atoms with Crippen LogP contribution in [0.3, 0.4) is 0 Å². The molecule has 4 aromatic carbocycles. The van der Waals surface area contributed by atoms with Gasteiger partial charge in [0.05, 0.1) is 88.0 Å². The molecular formula is C54H66N8O13S2. The van der Waals surface area contributed by atoms with Crippen LogP contribution >= 0.6 is 0 Å². The minimum absolute atomic E-state index is 0.0364. The molecule has 0 saturated heterocycles. The molecule has 2 aliphatic rings. The van der Waals surface area contributed by atoms with E-state index in [1.165, 1.54) is 20.7 Å². The van der Waals surface area contributed by atoms with E-state index in [2.05, 4.69) is 20.6 Å². The predicted molar refractivity (Wildman–Crippen MR) is 279 cm³/mol. The lowest BCUT2D eigenvalue weighted by Gasteiger charge is -2.31. The zero-order valence-corrected chi connectivity index (χ0v) is 46.0. The smallest absolute Gasteiger partial charge is 0.312 e. The first-order chi connectivity index (χ1) is 36.4. The summed E-state index contributed by atoms with van der Waals surface area (Å²) in [5.41, 5.74) is 2.28. The van der Waals surface area contributed by atoms with Gasteiger partial charge < -0.3 is 33.9 Å². The van der Waals surface area contributed by atoms with Gasteiger partial charge in [-0.15, -0.1) is 10.2 Å². The molecule has 6 aromatic rings. The summed E-state index contributed by atoms with van der Waals surface area (Å²) in [4.78, 5) is 25.5. The van der Waals surface area contributed by atoms with Crippen molar-refractivity contribution in [2.24, 2.45) is 10.8 Å². The van der Waals surface area contributed by atoms with E-state index in [4.69, 9.17) is 23.7 Å². The van der Waals surface area contributed by atoms with Gasteiger partial charge >= 0.3 is 11.9 Å². The van der Waals surface area contributed by atoms with Gasteiger partial charge in [0.25, 0.3) is 0 Å². The third kappa shape index (κ3) is 12.7. The van der Waals surface area contributed by atoms with Crippen LogP contribution < -0.4 is 9.47 Å². The van der Waals surface area contributed by atoms with Crippen LogP contribution in [-0.2, 0) is 83.2 Å². The van der Waals surface area contributed by atoms with E-state index in [-0.39, 0.29) is 62.4 Å². The van der Waals surface area contributed by atoms with Crippen LogP contribution in [0.15, 0.2) is 107 Å². The van der Waals surface area contributed by atoms with Crippen molar-refractivity contribution in [1.82, 2.24) is 38.6 Å². The highest BCUT2D eigenvalue weighted by Crippen LogP contribution is 2.41. The number of hydrogen-bond donors (Lipinski definition) is 2. The first kappa shape index (κ1) is 56.6. The number of aromatic nitrogens is 6. The highest BCUT2D eigenvalue weighted by atomic mass is 32.2. The normalized spacial score (nSPS) is 18.4. The molecule has 0 spiro atoms. The van der Waals surface area contributed by atoms with E-state index in [1.807, 2.05) is 39.8 Å². The van der Waals surface area contributed by atoms with Crippen molar-refractivity contribution in [2.75, 3.05) is 26.3 Å². The molecule has 2 N–H and O–H groups in total. The van der Waals surface area contributed by atoms with Gasteiger partial charge in [-0.3, -0.25) is 9.59 Å². The monoisotopic (exact) mass is 1100 g/mol. The van der Waals surface area contributed by atoms with E-state index < -0.39 is 67.2 Å². The quantitative estimate of drug-likeness (QED) is 0.0656. The van der Waals surface area contributed by atoms with Crippen LogP contribution in [0.2, 0.25) is 0 Å². The molecule has 0 unspecified atom stereocenters. The number of sulfonamides is 2. The Morgan fingerprint density at radius 1 is 0.636 bits per heavy atom. The van der Waals surface area contributed by atoms with Gasteiger partial charge in [0, 0.05) is 13.1 Å². The van der Waals surface area contributed by atoms with Crippen molar-refractivity contribution in [3.05, 3.63) is 142 Å². The topological polar surface area (TPSA) is 257 Å². The number of carbonyl (C=O) groups is 2. The van der Waals surface area contributed by atoms with Gasteiger partial charge in [-0.1, -0.05) is 71.1 Å². The number of para-hydroxylation sites is 2. The fourth-order valence-corrected chi connectivity index (χ4v) is 12.5. The molecule has 2 aromatic heterocycles. The molecule has 0 fully saturated rings. The summed E-state index contributed by atoms with van der Waals surface area (Å²) in [6.45, 7) is 15.1. The van der Waals surface area contributed by atoms with Crippen LogP contribution in [0, 0.1) is 24.7 Å². The van der Waals surface area contributed by atoms with Gasteiger partial charge in [-0.25, -0.2) is 26.2 Å². The van der Waals surface area contributed by atoms with Gasteiger partial charge in [0.2, 0.25) is 20.0 Å². The summed E-state index contributed by atoms with van der Waals surface area (Å²) in [5.74, 6) is -1.57. The van der Waals surface area contributed by atoms with E-state index in [1.54, 1.807) is 110 Å². The Kier molecular flexibility index (Phi) is 17.0. The number of carboxylic acids is 2. The lowest BCUT2D eigenvalue weighted by molar-refractivity contribution is -0.159. The van der Waals surface area contributed by atoms with Crippen LogP contribution in [0.25, 0.3) is 0 Å². The Bertz CT molecular complexity index is 3110. The molecule has 0 bridgehead atoms. The largest absolute Gasteiger partial charge is 0.488 e. The van der Waals surface area contributed by atoms with Crippen molar-refractivity contribution in [2.45, 2.75) is 129 Å². The minimum Gasteiger partial charge on any atom is -0.488 e. The summed E-state index contributed by atoms with van der Waals surface area (Å²) >= 11 is 0. The maximum absolute atomic E-state index is 13.9. The lowest BCUT2D eigenvalue weighted by Crippen LogP contribution is -2.36. The molecule has 77 heavy (non-hydrogen) atoms. The average Bonchev–Trinajstić information content (AvgIpc) is 4.02. The molecule has 0 amide bonds. The number of nitrogens with zero attached hydrogens (tertiary/aromatic N) is 8. The van der Waals surface area contributed by atoms with Gasteiger partial charge in [0.1, 0.15) is 44.9 Å². The van der Waals surface area contributed by atoms with E-state index in [9.17, 15) is 36.6 Å². The number of aliphatic carboxylic acids is 2. The highest BCUT2D eigenvalue weighted by Gasteiger charge is 2.42. The lowest BCUT2D eigenvalue weighted by atomic mass is 9.81. The maximum atomic E-state index is 13.9. The van der Waals surface area contributed by atoms with E-state index in [0.717, 1.165) is 11.1 Å². The average molecular weight is 1100 g/mol. The number of carboxylic acid groups (broad SMARTS) is 2. The van der Waals surface area contributed by atoms with Crippen LogP contribution in [0.1, 0.15) is 98.5 Å². The van der Waals surface area contributed by atoms with Gasteiger partial charge in [-0.2, -0.15) is 8.61 Å². The van der Waals surface area contributed by atoms with Gasteiger partial charge in [-0.05, 0) is 113 Å². The standard InChI is InChI=1S/C54H66N8O13S2/c1-35-17-19-39(25-41(35)29-61-27-37(3)74-45-13-9-11-15-47(45)76(61,67)68)49(53(5,6)51(63)64)72-33-43-31-59(57-55-43)21-23-71-24-22-60-32-44(56-58-60)34-73-50(54(7,8)52(65)66)40-20-18-36(2)42(26-40)30-62-28-38(4)75-46-14-10-12-16-48(46)77(62,69)70/h9-20,25-26,31-32,37-38,49-50H,21-24,27-30,33-34H2,1-8H3,(H,63,64)(H,65,66)/t37-,38-,49+,50+/m1/s1. The number of ether oxygens (including phenoxy) is 5. The zero-order valence-electron chi connectivity index (χ0n) is 44.4. The fraction of sp³-hybridized carbons (Fsp3) is 0.444. The van der Waals surface area contributed by atoms with Crippen molar-refractivity contribution in [3.63, 3.8) is 0 Å². The second-order valence-corrected chi connectivity index (χ2v) is 24.5. The maximum Gasteiger partial charge on any atom is 0.312 e. The SMILES string of the molecule is Cc1ccc([C@H](OCc2cn(CCOCCn3cc(CO[C@@H](c4ccc(C)c(CN5C[C@@H](C)Oc6ccccc6S5(=O)=O)c4)C(C)(C)C(=O)O)nn3)nn2)C(C)(C)C(=O)O)cc1CN1C[C@@H](C)Oc2ccccc2S1(=O)=O. The number of benzene rings is 4. The van der Waals surface area contributed by atoms with Gasteiger partial charge in [0.15, 0.2) is 0 Å². The molecular weight excluding hydrogens is 1030 g/mol. The number of rotatable bonds is 22. The van der Waals surface area contributed by atoms with Crippen molar-refractivity contribution >= 4 is 32.0 Å². The number of fused-ring (bicyclic) bond motifs is 2. The Morgan fingerprint density at radius 3 is 1.42 bits per heavy atom. The van der Waals surface area contributed by atoms with E-state index >= 15 is 0 Å². The molecule has 21 nitrogen and oxygen atoms in total. The van der Waals surface area contributed by atoms with Crippen LogP contribution in [0.5, 0.6) is 11.5 Å². The van der Waals surface area contributed by atoms with Crippen LogP contribution in [-0.4, -0.2) is 116 Å². The Balaban J connectivity index is 0.846. The summed E-state index contributed by atoms with van der Waals surface area (Å²) in [5, 5.41) is 37.6. The highest BCUT2D eigenvalue weighted by molar-refractivity contribution is 7.89. The Hall–Kier alpha value is -6.60. The molecule has 0 saturated carbocycles. The van der Waals surface area contributed by atoms with Crippen molar-refractivity contribution < 1.29 is 60.3 Å². The number of aryl methyl sites for hydroxylation is 2. The molecule has 4 atom stereocenters. The summed E-state index contributed by atoms with van der Waals surface area (Å²) in [6, 6.07) is 24.0. The molecule has 0 aliphatic carbocycles.